The summed E-state index contributed by atoms with van der Waals surface area (Å²) in [4.78, 5) is 13.2. The zero-order valence-corrected chi connectivity index (χ0v) is 11.6. The summed E-state index contributed by atoms with van der Waals surface area (Å²) in [5.74, 6) is -0.571. The van der Waals surface area contributed by atoms with Gasteiger partial charge in [0.05, 0.1) is 0 Å². The van der Waals surface area contributed by atoms with Gasteiger partial charge in [-0.2, -0.15) is 0 Å². The second-order valence-electron chi connectivity index (χ2n) is 5.89. The van der Waals surface area contributed by atoms with E-state index in [1.807, 2.05) is 0 Å². The van der Waals surface area contributed by atoms with Gasteiger partial charge < -0.3 is 22.6 Å². The number of rotatable bonds is 2. The van der Waals surface area contributed by atoms with E-state index in [1.165, 1.54) is 4.90 Å². The van der Waals surface area contributed by atoms with Gasteiger partial charge in [0.2, 0.25) is 0 Å². The number of nitrogens with zero attached hydrogens (tertiary/aromatic N) is 1. The third kappa shape index (κ3) is 4.80. The molecule has 3 nitrogen and oxygen atoms in total. The molecule has 1 amide bonds. The summed E-state index contributed by atoms with van der Waals surface area (Å²) >= 11 is 0. The lowest BCUT2D eigenvalue weighted by Gasteiger charge is -2.36. The number of amides is 1. The number of hydrogen-bond donors (Lipinski definition) is 0. The van der Waals surface area contributed by atoms with E-state index in [0.717, 1.165) is 0 Å². The molecular formula is C12H20BF3NO2-. The minimum absolute atomic E-state index is 0.283. The quantitative estimate of drug-likeness (QED) is 0.722. The molecule has 7 heteroatoms. The molecule has 0 aromatic rings. The van der Waals surface area contributed by atoms with Gasteiger partial charge in [0.15, 0.2) is 0 Å². The molecule has 0 atom stereocenters. The van der Waals surface area contributed by atoms with Gasteiger partial charge in [-0.05, 0) is 39.5 Å². The Hall–Kier alpha value is -1.14. The summed E-state index contributed by atoms with van der Waals surface area (Å²) in [6.45, 7) is 3.99. The molecule has 1 saturated heterocycles. The second-order valence-corrected chi connectivity index (χ2v) is 5.89. The topological polar surface area (TPSA) is 29.5 Å². The fourth-order valence-corrected chi connectivity index (χ4v) is 2.03. The molecule has 0 aliphatic carbocycles. The van der Waals surface area contributed by atoms with Gasteiger partial charge in [-0.3, -0.25) is 0 Å². The van der Waals surface area contributed by atoms with E-state index >= 15 is 0 Å². The lowest BCUT2D eigenvalue weighted by molar-refractivity contribution is 0.0195. The molecule has 0 aromatic carbocycles. The average molecular weight is 278 g/mol. The van der Waals surface area contributed by atoms with Crippen molar-refractivity contribution in [1.29, 1.82) is 0 Å². The Kier molecular flexibility index (Phi) is 4.58. The van der Waals surface area contributed by atoms with Crippen molar-refractivity contribution in [3.05, 3.63) is 12.1 Å². The molecule has 0 N–H and O–H groups in total. The number of carbonyl (C=O) groups excluding carboxylic acids is 1. The van der Waals surface area contributed by atoms with Gasteiger partial charge in [0.1, 0.15) is 5.60 Å². The minimum Gasteiger partial charge on any atom is -0.445 e. The smallest absolute Gasteiger partial charge is 0.445 e. The van der Waals surface area contributed by atoms with E-state index < -0.39 is 30.1 Å². The van der Waals surface area contributed by atoms with Gasteiger partial charge in [-0.25, -0.2) is 4.79 Å². The zero-order chi connectivity index (χ0) is 14.8. The number of carbonyl (C=O) groups is 1. The fraction of sp³-hybridized carbons (Fsp3) is 0.750. The van der Waals surface area contributed by atoms with E-state index in [0.29, 0.717) is 12.8 Å². The number of hydrogen-bond acceptors (Lipinski definition) is 2. The van der Waals surface area contributed by atoms with Crippen molar-refractivity contribution in [3.8, 4) is 0 Å². The lowest BCUT2D eigenvalue weighted by Crippen LogP contribution is -2.43. The normalized spacial score (nSPS) is 18.3. The second kappa shape index (κ2) is 5.47. The summed E-state index contributed by atoms with van der Waals surface area (Å²) in [5.41, 5.74) is -1.23. The van der Waals surface area contributed by atoms with Crippen LogP contribution in [0.2, 0.25) is 0 Å². The van der Waals surface area contributed by atoms with Crippen LogP contribution < -0.4 is 0 Å². The van der Waals surface area contributed by atoms with Crippen molar-refractivity contribution in [2.75, 3.05) is 13.1 Å². The molecule has 0 aromatic heterocycles. The number of ether oxygens (including phenoxy) is 1. The van der Waals surface area contributed by atoms with Crippen LogP contribution in [0.1, 0.15) is 33.6 Å². The predicted molar refractivity (Wildman–Crippen MR) is 68.7 cm³/mol. The van der Waals surface area contributed by atoms with E-state index in [4.69, 9.17) is 4.74 Å². The summed E-state index contributed by atoms with van der Waals surface area (Å²) in [6.07, 6.45) is 0.118. The van der Waals surface area contributed by atoms with Gasteiger partial charge in [0, 0.05) is 13.1 Å². The number of halogens is 3. The van der Waals surface area contributed by atoms with Crippen LogP contribution in [-0.4, -0.2) is 36.7 Å². The monoisotopic (exact) mass is 278 g/mol. The van der Waals surface area contributed by atoms with Gasteiger partial charge >= 0.3 is 13.1 Å². The number of allylic oxidation sites excluding steroid dienone is 1. The van der Waals surface area contributed by atoms with Crippen molar-refractivity contribution in [3.63, 3.8) is 0 Å². The Morgan fingerprint density at radius 2 is 1.74 bits per heavy atom. The summed E-state index contributed by atoms with van der Waals surface area (Å²) < 4.78 is 42.9. The van der Waals surface area contributed by atoms with E-state index in [1.54, 1.807) is 20.8 Å². The van der Waals surface area contributed by atoms with Crippen LogP contribution in [0, 0.1) is 5.92 Å². The van der Waals surface area contributed by atoms with Gasteiger partial charge in [-0.1, -0.05) is 0 Å². The fourth-order valence-electron chi connectivity index (χ4n) is 2.03. The zero-order valence-electron chi connectivity index (χ0n) is 11.6. The summed E-state index contributed by atoms with van der Waals surface area (Å²) in [6, 6.07) is 0. The Balaban J connectivity index is 2.50. The van der Waals surface area contributed by atoms with Gasteiger partial charge in [-0.15, -0.1) is 12.1 Å². The Bertz CT molecular complexity index is 355. The largest absolute Gasteiger partial charge is 0.505 e. The van der Waals surface area contributed by atoms with Crippen molar-refractivity contribution in [2.45, 2.75) is 39.2 Å². The Morgan fingerprint density at radius 3 is 2.11 bits per heavy atom. The number of likely N-dealkylation sites (tertiary alicyclic amines) is 1. The van der Waals surface area contributed by atoms with E-state index in [2.05, 4.69) is 6.58 Å². The van der Waals surface area contributed by atoms with Crippen molar-refractivity contribution in [1.82, 2.24) is 4.90 Å². The van der Waals surface area contributed by atoms with Crippen LogP contribution >= 0.6 is 0 Å². The van der Waals surface area contributed by atoms with Crippen LogP contribution in [0.15, 0.2) is 12.1 Å². The highest BCUT2D eigenvalue weighted by Crippen LogP contribution is 2.32. The Morgan fingerprint density at radius 1 is 1.26 bits per heavy atom. The molecule has 110 valence electrons. The maximum atomic E-state index is 12.6. The maximum absolute atomic E-state index is 12.6. The molecule has 1 fully saturated rings. The van der Waals surface area contributed by atoms with Crippen LogP contribution in [-0.2, 0) is 4.74 Å². The molecule has 0 radical (unpaired) electrons. The molecular weight excluding hydrogens is 258 g/mol. The highest BCUT2D eigenvalue weighted by atomic mass is 19.4. The maximum Gasteiger partial charge on any atom is 0.505 e. The van der Waals surface area contributed by atoms with Crippen LogP contribution in [0.5, 0.6) is 0 Å². The predicted octanol–water partition coefficient (Wildman–Crippen LogP) is 3.58. The first-order valence-corrected chi connectivity index (χ1v) is 6.37. The SMILES string of the molecule is C=C(C1CCN(C(=O)OC(C)(C)C)CC1)[B-](F)(F)F. The Labute approximate surface area is 111 Å². The highest BCUT2D eigenvalue weighted by Gasteiger charge is 2.35. The first-order chi connectivity index (χ1) is 8.50. The summed E-state index contributed by atoms with van der Waals surface area (Å²) in [7, 11) is 0. The van der Waals surface area contributed by atoms with E-state index in [9.17, 15) is 17.7 Å². The van der Waals surface area contributed by atoms with Crippen LogP contribution in [0.25, 0.3) is 0 Å². The molecule has 0 spiro atoms. The molecule has 1 heterocycles. The third-order valence-electron chi connectivity index (χ3n) is 3.09. The van der Waals surface area contributed by atoms with Crippen molar-refractivity contribution < 1.29 is 22.5 Å². The van der Waals surface area contributed by atoms with Crippen molar-refractivity contribution in [2.24, 2.45) is 5.92 Å². The summed E-state index contributed by atoms with van der Waals surface area (Å²) in [5, 5.41) is 0. The third-order valence-corrected chi connectivity index (χ3v) is 3.09. The molecule has 0 bridgehead atoms. The van der Waals surface area contributed by atoms with Crippen LogP contribution in [0.3, 0.4) is 0 Å². The molecule has 0 unspecified atom stereocenters. The minimum atomic E-state index is -4.99. The molecule has 1 aliphatic heterocycles. The standard InChI is InChI=1S/C12H20BF3NO2/c1-9(13(14,15)16)10-5-7-17(8-6-10)11(18)19-12(2,3)4/h10H,1,5-8H2,2-4H3/q-1. The molecule has 1 rings (SSSR count). The van der Waals surface area contributed by atoms with Gasteiger partial charge in [0.25, 0.3) is 0 Å². The average Bonchev–Trinajstić information content (AvgIpc) is 2.24. The first-order valence-electron chi connectivity index (χ1n) is 6.37. The molecule has 0 saturated carbocycles. The first kappa shape index (κ1) is 15.9. The molecule has 19 heavy (non-hydrogen) atoms. The van der Waals surface area contributed by atoms with E-state index in [-0.39, 0.29) is 13.1 Å². The molecule has 1 aliphatic rings. The highest BCUT2D eigenvalue weighted by molar-refractivity contribution is 6.66. The number of piperidine rings is 1. The van der Waals surface area contributed by atoms with Crippen molar-refractivity contribution >= 4 is 13.1 Å². The van der Waals surface area contributed by atoms with Crippen LogP contribution in [0.4, 0.5) is 17.7 Å². The lowest BCUT2D eigenvalue weighted by atomic mass is 9.69.